The molecule has 1 aliphatic heterocycles. The molecule has 0 atom stereocenters. The molecular formula is C12H17N3O5S2. The predicted molar refractivity (Wildman–Crippen MR) is 78.4 cm³/mol. The molecule has 2 rings (SSSR count). The zero-order valence-corrected chi connectivity index (χ0v) is 13.9. The first-order valence-electron chi connectivity index (χ1n) is 6.54. The van der Waals surface area contributed by atoms with Gasteiger partial charge in [0, 0.05) is 45.6 Å². The molecule has 0 aliphatic carbocycles. The highest BCUT2D eigenvalue weighted by Crippen LogP contribution is 2.18. The second-order valence-corrected chi connectivity index (χ2v) is 8.91. The van der Waals surface area contributed by atoms with Gasteiger partial charge in [0.2, 0.25) is 15.9 Å². The Bertz CT molecular complexity index is 763. The van der Waals surface area contributed by atoms with Crippen molar-refractivity contribution in [1.29, 1.82) is 0 Å². The second-order valence-electron chi connectivity index (χ2n) is 5.01. The summed E-state index contributed by atoms with van der Waals surface area (Å²) < 4.78 is 48.9. The van der Waals surface area contributed by atoms with Crippen molar-refractivity contribution >= 4 is 25.8 Å². The quantitative estimate of drug-likeness (QED) is 0.719. The Labute approximate surface area is 129 Å². The first kappa shape index (κ1) is 16.8. The van der Waals surface area contributed by atoms with Gasteiger partial charge in [0.15, 0.2) is 14.9 Å². The predicted octanol–water partition coefficient (Wildman–Crippen LogP) is -0.662. The number of pyridine rings is 1. The lowest BCUT2D eigenvalue weighted by molar-refractivity contribution is -0.129. The van der Waals surface area contributed by atoms with E-state index in [2.05, 4.69) is 4.98 Å². The molecule has 22 heavy (non-hydrogen) atoms. The molecule has 8 nitrogen and oxygen atoms in total. The van der Waals surface area contributed by atoms with E-state index in [1.807, 2.05) is 0 Å². The van der Waals surface area contributed by atoms with Gasteiger partial charge in [0.25, 0.3) is 0 Å². The number of sulfonamides is 1. The minimum absolute atomic E-state index is 0.0591. The third kappa shape index (κ3) is 3.45. The van der Waals surface area contributed by atoms with Crippen LogP contribution in [0.3, 0.4) is 0 Å². The maximum absolute atomic E-state index is 12.5. The number of aromatic nitrogens is 1. The van der Waals surface area contributed by atoms with Crippen LogP contribution in [-0.4, -0.2) is 69.4 Å². The summed E-state index contributed by atoms with van der Waals surface area (Å²) in [5, 5.41) is -0.173. The van der Waals surface area contributed by atoms with Crippen molar-refractivity contribution in [2.24, 2.45) is 0 Å². The van der Waals surface area contributed by atoms with Gasteiger partial charge in [-0.3, -0.25) is 4.79 Å². The number of amides is 1. The smallest absolute Gasteiger partial charge is 0.244 e. The van der Waals surface area contributed by atoms with Crippen molar-refractivity contribution in [2.75, 3.05) is 32.4 Å². The zero-order chi connectivity index (χ0) is 16.5. The van der Waals surface area contributed by atoms with E-state index in [0.29, 0.717) is 13.1 Å². The summed E-state index contributed by atoms with van der Waals surface area (Å²) in [6.45, 7) is 2.52. The van der Waals surface area contributed by atoms with Gasteiger partial charge in [-0.1, -0.05) is 0 Å². The van der Waals surface area contributed by atoms with Crippen molar-refractivity contribution in [3.05, 3.63) is 18.3 Å². The molecule has 1 aliphatic rings. The summed E-state index contributed by atoms with van der Waals surface area (Å²) in [4.78, 5) is 16.5. The molecular weight excluding hydrogens is 330 g/mol. The molecule has 1 aromatic rings. The Morgan fingerprint density at radius 1 is 1.09 bits per heavy atom. The highest BCUT2D eigenvalue weighted by molar-refractivity contribution is 7.90. The van der Waals surface area contributed by atoms with Crippen LogP contribution in [0.4, 0.5) is 0 Å². The van der Waals surface area contributed by atoms with E-state index >= 15 is 0 Å². The Kier molecular flexibility index (Phi) is 4.54. The number of carbonyl (C=O) groups excluding carboxylic acids is 1. The maximum atomic E-state index is 12.5. The topological polar surface area (TPSA) is 105 Å². The van der Waals surface area contributed by atoms with Crippen LogP contribution in [0.15, 0.2) is 28.3 Å². The third-order valence-corrected chi connectivity index (χ3v) is 6.29. The molecule has 0 saturated carbocycles. The van der Waals surface area contributed by atoms with Crippen molar-refractivity contribution in [3.63, 3.8) is 0 Å². The van der Waals surface area contributed by atoms with E-state index in [9.17, 15) is 21.6 Å². The molecule has 0 aromatic carbocycles. The monoisotopic (exact) mass is 347 g/mol. The van der Waals surface area contributed by atoms with Crippen LogP contribution in [0.2, 0.25) is 0 Å². The largest absolute Gasteiger partial charge is 0.340 e. The second kappa shape index (κ2) is 5.94. The van der Waals surface area contributed by atoms with E-state index in [4.69, 9.17) is 0 Å². The van der Waals surface area contributed by atoms with Crippen molar-refractivity contribution < 1.29 is 21.6 Å². The minimum atomic E-state index is -3.74. The Hall–Kier alpha value is -1.52. The van der Waals surface area contributed by atoms with Crippen LogP contribution in [0.5, 0.6) is 0 Å². The fourth-order valence-corrected chi connectivity index (χ4v) is 4.06. The maximum Gasteiger partial charge on any atom is 0.244 e. The average Bonchev–Trinajstić information content (AvgIpc) is 2.46. The number of carbonyl (C=O) groups is 1. The normalized spacial score (nSPS) is 17.5. The van der Waals surface area contributed by atoms with E-state index in [0.717, 1.165) is 12.5 Å². The lowest BCUT2D eigenvalue weighted by Gasteiger charge is -2.33. The lowest BCUT2D eigenvalue weighted by atomic mass is 10.3. The molecule has 1 amide bonds. The molecule has 0 N–H and O–H groups in total. The molecule has 1 aromatic heterocycles. The molecule has 2 heterocycles. The molecule has 0 unspecified atom stereocenters. The number of piperazine rings is 1. The Morgan fingerprint density at radius 3 is 2.09 bits per heavy atom. The highest BCUT2D eigenvalue weighted by Gasteiger charge is 2.29. The summed E-state index contributed by atoms with van der Waals surface area (Å²) in [6, 6.07) is 2.41. The van der Waals surface area contributed by atoms with Gasteiger partial charge in [0.05, 0.1) is 0 Å². The standard InChI is InChI=1S/C12H17N3O5S2/c1-10(16)14-5-7-15(8-6-14)22(19,20)11-3-4-12(13-9-11)21(2,17)18/h3-4,9H,5-8H2,1-2H3. The minimum Gasteiger partial charge on any atom is -0.340 e. The van der Waals surface area contributed by atoms with Crippen molar-refractivity contribution in [3.8, 4) is 0 Å². The molecule has 122 valence electrons. The van der Waals surface area contributed by atoms with Crippen LogP contribution in [0.1, 0.15) is 6.92 Å². The first-order chi connectivity index (χ1) is 10.1. The fraction of sp³-hybridized carbons (Fsp3) is 0.500. The van der Waals surface area contributed by atoms with Gasteiger partial charge < -0.3 is 4.90 Å². The van der Waals surface area contributed by atoms with Crippen LogP contribution < -0.4 is 0 Å². The van der Waals surface area contributed by atoms with Gasteiger partial charge in [-0.25, -0.2) is 21.8 Å². The van der Waals surface area contributed by atoms with Crippen LogP contribution in [0, 0.1) is 0 Å². The molecule has 1 saturated heterocycles. The van der Waals surface area contributed by atoms with Gasteiger partial charge in [-0.2, -0.15) is 4.31 Å². The van der Waals surface area contributed by atoms with Gasteiger partial charge in [-0.05, 0) is 12.1 Å². The summed E-state index contributed by atoms with van der Waals surface area (Å²) in [5.74, 6) is -0.0868. The van der Waals surface area contributed by atoms with E-state index in [1.54, 1.807) is 4.90 Å². The van der Waals surface area contributed by atoms with Crippen molar-refractivity contribution in [2.45, 2.75) is 16.8 Å². The van der Waals surface area contributed by atoms with E-state index in [1.165, 1.54) is 23.4 Å². The van der Waals surface area contributed by atoms with E-state index < -0.39 is 19.9 Å². The van der Waals surface area contributed by atoms with Gasteiger partial charge >= 0.3 is 0 Å². The van der Waals surface area contributed by atoms with Crippen LogP contribution in [-0.2, 0) is 24.7 Å². The van der Waals surface area contributed by atoms with Crippen LogP contribution in [0.25, 0.3) is 0 Å². The Balaban J connectivity index is 2.19. The van der Waals surface area contributed by atoms with Crippen molar-refractivity contribution in [1.82, 2.24) is 14.2 Å². The molecule has 0 radical (unpaired) electrons. The number of hydrogen-bond donors (Lipinski definition) is 0. The zero-order valence-electron chi connectivity index (χ0n) is 12.3. The fourth-order valence-electron chi connectivity index (χ4n) is 2.13. The van der Waals surface area contributed by atoms with Crippen LogP contribution >= 0.6 is 0 Å². The highest BCUT2D eigenvalue weighted by atomic mass is 32.2. The summed E-state index contributed by atoms with van der Waals surface area (Å²) >= 11 is 0. The molecule has 10 heteroatoms. The van der Waals surface area contributed by atoms with Gasteiger partial charge in [0.1, 0.15) is 4.90 Å². The first-order valence-corrected chi connectivity index (χ1v) is 9.87. The SMILES string of the molecule is CC(=O)N1CCN(S(=O)(=O)c2ccc(S(C)(=O)=O)nc2)CC1. The molecule has 0 bridgehead atoms. The average molecular weight is 347 g/mol. The Morgan fingerprint density at radius 2 is 1.68 bits per heavy atom. The third-order valence-electron chi connectivity index (χ3n) is 3.41. The van der Waals surface area contributed by atoms with E-state index in [-0.39, 0.29) is 28.9 Å². The summed E-state index contributed by atoms with van der Waals surface area (Å²) in [7, 11) is -7.21. The number of nitrogens with zero attached hydrogens (tertiary/aromatic N) is 3. The molecule has 1 fully saturated rings. The number of rotatable bonds is 3. The molecule has 0 spiro atoms. The summed E-state index contributed by atoms with van der Waals surface area (Å²) in [6.07, 6.45) is 2.05. The lowest BCUT2D eigenvalue weighted by Crippen LogP contribution is -2.49. The number of hydrogen-bond acceptors (Lipinski definition) is 6. The van der Waals surface area contributed by atoms with Gasteiger partial charge in [-0.15, -0.1) is 0 Å². The number of sulfone groups is 1. The summed E-state index contributed by atoms with van der Waals surface area (Å²) in [5.41, 5.74) is 0.